The lowest BCUT2D eigenvalue weighted by atomic mass is 10.2. The Morgan fingerprint density at radius 1 is 1.69 bits per heavy atom. The molecule has 0 spiro atoms. The summed E-state index contributed by atoms with van der Waals surface area (Å²) in [6.07, 6.45) is 0. The topological polar surface area (TPSA) is 39.2 Å². The van der Waals surface area contributed by atoms with Crippen molar-refractivity contribution in [2.24, 2.45) is 0 Å². The van der Waals surface area contributed by atoms with Gasteiger partial charge in [-0.2, -0.15) is 0 Å². The number of hydrogen-bond donors (Lipinski definition) is 0. The molecule has 5 heteroatoms. The molecule has 3 nitrogen and oxygen atoms in total. The van der Waals surface area contributed by atoms with E-state index in [1.54, 1.807) is 13.0 Å². The number of carbonyl (C=O) groups excluding carboxylic acids is 1. The third-order valence-corrected chi connectivity index (χ3v) is 2.37. The molecule has 13 heavy (non-hydrogen) atoms. The van der Waals surface area contributed by atoms with Crippen LogP contribution in [0.5, 0.6) is 0 Å². The summed E-state index contributed by atoms with van der Waals surface area (Å²) >= 11 is 9.02. The van der Waals surface area contributed by atoms with E-state index in [2.05, 4.69) is 25.7 Å². The predicted molar refractivity (Wildman–Crippen MR) is 53.0 cm³/mol. The number of pyridine rings is 1. The van der Waals surface area contributed by atoms with Crippen molar-refractivity contribution in [2.45, 2.75) is 6.92 Å². The van der Waals surface area contributed by atoms with Gasteiger partial charge in [-0.3, -0.25) is 0 Å². The van der Waals surface area contributed by atoms with Crippen molar-refractivity contribution in [1.29, 1.82) is 0 Å². The number of carbonyl (C=O) groups is 1. The molecular weight excluding hydrogens is 257 g/mol. The Labute approximate surface area is 89.2 Å². The first kappa shape index (κ1) is 10.5. The summed E-state index contributed by atoms with van der Waals surface area (Å²) < 4.78 is 5.09. The molecule has 0 aromatic carbocycles. The maximum absolute atomic E-state index is 11.1. The quantitative estimate of drug-likeness (QED) is 0.578. The van der Waals surface area contributed by atoms with Crippen LogP contribution in [0.2, 0.25) is 5.02 Å². The van der Waals surface area contributed by atoms with Crippen LogP contribution in [0.15, 0.2) is 10.7 Å². The lowest BCUT2D eigenvalue weighted by molar-refractivity contribution is 0.0594. The van der Waals surface area contributed by atoms with E-state index in [1.165, 1.54) is 7.11 Å². The molecule has 1 aromatic rings. The van der Waals surface area contributed by atoms with Crippen molar-refractivity contribution in [3.05, 3.63) is 26.9 Å². The number of esters is 1. The smallest absolute Gasteiger partial charge is 0.358 e. The minimum atomic E-state index is -0.533. The van der Waals surface area contributed by atoms with Gasteiger partial charge in [0.15, 0.2) is 5.69 Å². The highest BCUT2D eigenvalue weighted by molar-refractivity contribution is 9.10. The first-order chi connectivity index (χ1) is 6.06. The Morgan fingerprint density at radius 2 is 2.31 bits per heavy atom. The number of ether oxygens (including phenoxy) is 1. The number of rotatable bonds is 1. The molecule has 0 saturated carbocycles. The molecule has 0 aliphatic heterocycles. The number of aromatic nitrogens is 1. The van der Waals surface area contributed by atoms with E-state index in [0.717, 1.165) is 5.56 Å². The molecule has 0 atom stereocenters. The molecule has 0 amide bonds. The van der Waals surface area contributed by atoms with Crippen molar-refractivity contribution in [3.63, 3.8) is 0 Å². The van der Waals surface area contributed by atoms with Crippen molar-refractivity contribution in [1.82, 2.24) is 4.98 Å². The molecule has 1 heterocycles. The Hall–Kier alpha value is -0.610. The van der Waals surface area contributed by atoms with Crippen LogP contribution >= 0.6 is 27.5 Å². The van der Waals surface area contributed by atoms with E-state index in [4.69, 9.17) is 11.6 Å². The van der Waals surface area contributed by atoms with Gasteiger partial charge in [0.05, 0.1) is 12.1 Å². The molecule has 0 aliphatic rings. The van der Waals surface area contributed by atoms with Crippen molar-refractivity contribution in [3.8, 4) is 0 Å². The van der Waals surface area contributed by atoms with Crippen LogP contribution in [0.25, 0.3) is 0 Å². The summed E-state index contributed by atoms with van der Waals surface area (Å²) in [7, 11) is 1.29. The third-order valence-electron chi connectivity index (χ3n) is 1.49. The maximum Gasteiger partial charge on any atom is 0.358 e. The first-order valence-electron chi connectivity index (χ1n) is 3.47. The lowest BCUT2D eigenvalue weighted by Gasteiger charge is -2.04. The summed E-state index contributed by atoms with van der Waals surface area (Å²) in [6.45, 7) is 1.79. The fourth-order valence-corrected chi connectivity index (χ4v) is 1.54. The van der Waals surface area contributed by atoms with E-state index in [1.807, 2.05) is 0 Å². The zero-order valence-corrected chi connectivity index (χ0v) is 9.44. The van der Waals surface area contributed by atoms with Gasteiger partial charge in [-0.05, 0) is 34.5 Å². The summed E-state index contributed by atoms with van der Waals surface area (Å²) in [5, 5.41) is 0.329. The van der Waals surface area contributed by atoms with Crippen molar-refractivity contribution in [2.75, 3.05) is 7.11 Å². The zero-order valence-electron chi connectivity index (χ0n) is 7.10. The van der Waals surface area contributed by atoms with Gasteiger partial charge in [0.2, 0.25) is 0 Å². The number of aryl methyl sites for hydroxylation is 1. The number of halogens is 2. The van der Waals surface area contributed by atoms with Crippen LogP contribution in [-0.2, 0) is 4.74 Å². The monoisotopic (exact) mass is 263 g/mol. The van der Waals surface area contributed by atoms with Gasteiger partial charge in [-0.15, -0.1) is 0 Å². The Morgan fingerprint density at radius 3 is 2.85 bits per heavy atom. The van der Waals surface area contributed by atoms with Crippen LogP contribution in [0.4, 0.5) is 0 Å². The normalized spacial score (nSPS) is 9.85. The molecule has 0 radical (unpaired) electrons. The average Bonchev–Trinajstić information content (AvgIpc) is 2.10. The number of nitrogens with zero attached hydrogens (tertiary/aromatic N) is 1. The van der Waals surface area contributed by atoms with Gasteiger partial charge >= 0.3 is 5.97 Å². The van der Waals surface area contributed by atoms with Crippen LogP contribution in [-0.4, -0.2) is 18.1 Å². The van der Waals surface area contributed by atoms with Gasteiger partial charge in [0.1, 0.15) is 4.60 Å². The number of methoxy groups -OCH3 is 1. The van der Waals surface area contributed by atoms with Crippen molar-refractivity contribution >= 4 is 33.5 Å². The molecular formula is C8H7BrClNO2. The Balaban J connectivity index is 3.28. The Bertz CT molecular complexity index is 354. The van der Waals surface area contributed by atoms with E-state index >= 15 is 0 Å². The molecule has 0 fully saturated rings. The van der Waals surface area contributed by atoms with Crippen LogP contribution in [0.1, 0.15) is 16.1 Å². The van der Waals surface area contributed by atoms with E-state index in [9.17, 15) is 4.79 Å². The van der Waals surface area contributed by atoms with E-state index < -0.39 is 5.97 Å². The summed E-state index contributed by atoms with van der Waals surface area (Å²) in [4.78, 5) is 15.1. The van der Waals surface area contributed by atoms with E-state index in [0.29, 0.717) is 9.63 Å². The molecule has 0 unspecified atom stereocenters. The standard InChI is InChI=1S/C8H7BrClNO2/c1-4-3-5(9)11-7(6(4)10)8(12)13-2/h3H,1-2H3. The molecule has 0 bridgehead atoms. The highest BCUT2D eigenvalue weighted by atomic mass is 79.9. The van der Waals surface area contributed by atoms with Gasteiger partial charge in [-0.25, -0.2) is 9.78 Å². The Kier molecular flexibility index (Phi) is 3.27. The molecule has 0 saturated heterocycles. The lowest BCUT2D eigenvalue weighted by Crippen LogP contribution is -2.06. The summed E-state index contributed by atoms with van der Waals surface area (Å²) in [5.74, 6) is -0.533. The average molecular weight is 265 g/mol. The second-order valence-electron chi connectivity index (χ2n) is 2.42. The second-order valence-corrected chi connectivity index (χ2v) is 3.61. The summed E-state index contributed by atoms with van der Waals surface area (Å²) in [5.41, 5.74) is 0.917. The highest BCUT2D eigenvalue weighted by Crippen LogP contribution is 2.22. The third kappa shape index (κ3) is 2.19. The second kappa shape index (κ2) is 4.07. The SMILES string of the molecule is COC(=O)c1nc(Br)cc(C)c1Cl. The number of hydrogen-bond acceptors (Lipinski definition) is 3. The largest absolute Gasteiger partial charge is 0.464 e. The predicted octanol–water partition coefficient (Wildman–Crippen LogP) is 2.59. The fraction of sp³-hybridized carbons (Fsp3) is 0.250. The minimum absolute atomic E-state index is 0.135. The highest BCUT2D eigenvalue weighted by Gasteiger charge is 2.15. The molecule has 0 N–H and O–H groups in total. The van der Waals surface area contributed by atoms with Gasteiger partial charge < -0.3 is 4.74 Å². The first-order valence-corrected chi connectivity index (χ1v) is 4.64. The van der Waals surface area contributed by atoms with Gasteiger partial charge in [-0.1, -0.05) is 11.6 Å². The van der Waals surface area contributed by atoms with E-state index in [-0.39, 0.29) is 5.69 Å². The fourth-order valence-electron chi connectivity index (χ4n) is 0.849. The minimum Gasteiger partial charge on any atom is -0.464 e. The van der Waals surface area contributed by atoms with Crippen molar-refractivity contribution < 1.29 is 9.53 Å². The van der Waals surface area contributed by atoms with Crippen LogP contribution < -0.4 is 0 Å². The van der Waals surface area contributed by atoms with Gasteiger partial charge in [0, 0.05) is 0 Å². The van der Waals surface area contributed by atoms with Crippen LogP contribution in [0.3, 0.4) is 0 Å². The maximum atomic E-state index is 11.1. The van der Waals surface area contributed by atoms with Gasteiger partial charge in [0.25, 0.3) is 0 Å². The molecule has 1 aromatic heterocycles. The van der Waals surface area contributed by atoms with Crippen LogP contribution in [0, 0.1) is 6.92 Å². The zero-order chi connectivity index (χ0) is 10.0. The molecule has 1 rings (SSSR count). The molecule has 70 valence electrons. The summed E-state index contributed by atoms with van der Waals surface area (Å²) in [6, 6.07) is 1.73. The molecule has 0 aliphatic carbocycles.